The van der Waals surface area contributed by atoms with Gasteiger partial charge in [0.05, 0.1) is 0 Å². The SMILES string of the molecule is Fc1cccc(CNCc2ccccc2Br)c1. The number of benzene rings is 2. The fraction of sp³-hybridized carbons (Fsp3) is 0.143. The average molecular weight is 294 g/mol. The number of nitrogens with one attached hydrogen (secondary N) is 1. The molecule has 2 aromatic rings. The highest BCUT2D eigenvalue weighted by Gasteiger charge is 1.98. The summed E-state index contributed by atoms with van der Waals surface area (Å²) in [5, 5.41) is 3.29. The van der Waals surface area contributed by atoms with Crippen LogP contribution in [0.15, 0.2) is 53.0 Å². The monoisotopic (exact) mass is 293 g/mol. The van der Waals surface area contributed by atoms with Crippen LogP contribution < -0.4 is 5.32 Å². The summed E-state index contributed by atoms with van der Waals surface area (Å²) in [5.41, 5.74) is 2.15. The van der Waals surface area contributed by atoms with Gasteiger partial charge in [0.15, 0.2) is 0 Å². The predicted molar refractivity (Wildman–Crippen MR) is 71.1 cm³/mol. The van der Waals surface area contributed by atoms with Crippen LogP contribution >= 0.6 is 15.9 Å². The highest BCUT2D eigenvalue weighted by Crippen LogP contribution is 2.15. The molecule has 0 bridgehead atoms. The lowest BCUT2D eigenvalue weighted by Gasteiger charge is -2.06. The molecule has 3 heteroatoms. The summed E-state index contributed by atoms with van der Waals surface area (Å²) >= 11 is 3.49. The van der Waals surface area contributed by atoms with Crippen LogP contribution in [0.25, 0.3) is 0 Å². The maximum atomic E-state index is 12.9. The molecule has 0 fully saturated rings. The van der Waals surface area contributed by atoms with Crippen LogP contribution in [0.4, 0.5) is 4.39 Å². The standard InChI is InChI=1S/C14H13BrFN/c15-14-7-2-1-5-12(14)10-17-9-11-4-3-6-13(16)8-11/h1-8,17H,9-10H2. The van der Waals surface area contributed by atoms with E-state index in [1.165, 1.54) is 11.6 Å². The van der Waals surface area contributed by atoms with Gasteiger partial charge in [0.1, 0.15) is 5.82 Å². The maximum absolute atomic E-state index is 12.9. The van der Waals surface area contributed by atoms with Crippen molar-refractivity contribution < 1.29 is 4.39 Å². The van der Waals surface area contributed by atoms with E-state index >= 15 is 0 Å². The molecule has 0 radical (unpaired) electrons. The van der Waals surface area contributed by atoms with E-state index in [1.807, 2.05) is 24.3 Å². The van der Waals surface area contributed by atoms with E-state index in [4.69, 9.17) is 0 Å². The molecule has 0 saturated carbocycles. The Labute approximate surface area is 109 Å². The minimum absolute atomic E-state index is 0.190. The van der Waals surface area contributed by atoms with Crippen molar-refractivity contribution in [2.24, 2.45) is 0 Å². The summed E-state index contributed by atoms with van der Waals surface area (Å²) in [6.45, 7) is 1.43. The first kappa shape index (κ1) is 12.3. The van der Waals surface area contributed by atoms with Crippen molar-refractivity contribution in [1.29, 1.82) is 0 Å². The van der Waals surface area contributed by atoms with Crippen molar-refractivity contribution in [3.8, 4) is 0 Å². The molecule has 0 spiro atoms. The first-order chi connectivity index (χ1) is 8.25. The molecule has 0 atom stereocenters. The van der Waals surface area contributed by atoms with Gasteiger partial charge in [0.2, 0.25) is 0 Å². The van der Waals surface area contributed by atoms with Crippen molar-refractivity contribution in [2.45, 2.75) is 13.1 Å². The molecule has 1 nitrogen and oxygen atoms in total. The van der Waals surface area contributed by atoms with Crippen LogP contribution in [0.1, 0.15) is 11.1 Å². The lowest BCUT2D eigenvalue weighted by molar-refractivity contribution is 0.620. The normalized spacial score (nSPS) is 10.5. The zero-order valence-corrected chi connectivity index (χ0v) is 10.9. The minimum atomic E-state index is -0.190. The largest absolute Gasteiger partial charge is 0.309 e. The minimum Gasteiger partial charge on any atom is -0.309 e. The van der Waals surface area contributed by atoms with Crippen molar-refractivity contribution in [2.75, 3.05) is 0 Å². The van der Waals surface area contributed by atoms with E-state index in [-0.39, 0.29) is 5.82 Å². The Morgan fingerprint density at radius 1 is 1.00 bits per heavy atom. The molecule has 88 valence electrons. The predicted octanol–water partition coefficient (Wildman–Crippen LogP) is 3.88. The lowest BCUT2D eigenvalue weighted by atomic mass is 10.2. The number of hydrogen-bond donors (Lipinski definition) is 1. The molecule has 0 aliphatic carbocycles. The maximum Gasteiger partial charge on any atom is 0.123 e. The zero-order valence-electron chi connectivity index (χ0n) is 9.29. The van der Waals surface area contributed by atoms with Crippen molar-refractivity contribution in [1.82, 2.24) is 5.32 Å². The van der Waals surface area contributed by atoms with Crippen molar-refractivity contribution >= 4 is 15.9 Å². The second-order valence-corrected chi connectivity index (χ2v) is 4.68. The first-order valence-electron chi connectivity index (χ1n) is 5.44. The molecule has 0 unspecified atom stereocenters. The van der Waals surface area contributed by atoms with Gasteiger partial charge in [-0.05, 0) is 29.3 Å². The summed E-state index contributed by atoms with van der Waals surface area (Å²) in [6.07, 6.45) is 0. The summed E-state index contributed by atoms with van der Waals surface area (Å²) in [7, 11) is 0. The Hall–Kier alpha value is -1.19. The molecular weight excluding hydrogens is 281 g/mol. The summed E-state index contributed by atoms with van der Waals surface area (Å²) < 4.78 is 14.0. The summed E-state index contributed by atoms with van der Waals surface area (Å²) in [6, 6.07) is 14.7. The van der Waals surface area contributed by atoms with E-state index < -0.39 is 0 Å². The molecule has 0 aliphatic rings. The van der Waals surface area contributed by atoms with Crippen LogP contribution in [-0.4, -0.2) is 0 Å². The Morgan fingerprint density at radius 3 is 2.59 bits per heavy atom. The summed E-state index contributed by atoms with van der Waals surface area (Å²) in [4.78, 5) is 0. The Balaban J connectivity index is 1.90. The lowest BCUT2D eigenvalue weighted by Crippen LogP contribution is -2.13. The van der Waals surface area contributed by atoms with Crippen LogP contribution in [0, 0.1) is 5.82 Å². The molecule has 1 N–H and O–H groups in total. The fourth-order valence-corrected chi connectivity index (χ4v) is 2.06. The van der Waals surface area contributed by atoms with Gasteiger partial charge in [-0.25, -0.2) is 4.39 Å². The topological polar surface area (TPSA) is 12.0 Å². The molecule has 0 saturated heterocycles. The van der Waals surface area contributed by atoms with Crippen molar-refractivity contribution in [3.63, 3.8) is 0 Å². The Kier molecular flexibility index (Phi) is 4.29. The van der Waals surface area contributed by atoms with Gasteiger partial charge < -0.3 is 5.32 Å². The average Bonchev–Trinajstić information content (AvgIpc) is 2.32. The number of hydrogen-bond acceptors (Lipinski definition) is 1. The molecular formula is C14H13BrFN. The van der Waals surface area contributed by atoms with Gasteiger partial charge in [-0.1, -0.05) is 46.3 Å². The molecule has 0 amide bonds. The third-order valence-corrected chi connectivity index (χ3v) is 3.27. The first-order valence-corrected chi connectivity index (χ1v) is 6.23. The van der Waals surface area contributed by atoms with Gasteiger partial charge >= 0.3 is 0 Å². The third-order valence-electron chi connectivity index (χ3n) is 2.49. The van der Waals surface area contributed by atoms with Gasteiger partial charge in [-0.15, -0.1) is 0 Å². The second-order valence-electron chi connectivity index (χ2n) is 3.82. The van der Waals surface area contributed by atoms with Gasteiger partial charge in [0.25, 0.3) is 0 Å². The highest BCUT2D eigenvalue weighted by molar-refractivity contribution is 9.10. The van der Waals surface area contributed by atoms with Gasteiger partial charge in [0, 0.05) is 17.6 Å². The molecule has 17 heavy (non-hydrogen) atoms. The zero-order chi connectivity index (χ0) is 12.1. The fourth-order valence-electron chi connectivity index (χ4n) is 1.63. The Morgan fingerprint density at radius 2 is 1.82 bits per heavy atom. The quantitative estimate of drug-likeness (QED) is 0.902. The van der Waals surface area contributed by atoms with E-state index in [0.29, 0.717) is 6.54 Å². The van der Waals surface area contributed by atoms with E-state index in [9.17, 15) is 4.39 Å². The van der Waals surface area contributed by atoms with Crippen LogP contribution in [0.3, 0.4) is 0 Å². The number of halogens is 2. The molecule has 0 heterocycles. The molecule has 2 rings (SSSR count). The molecule has 0 aliphatic heterocycles. The van der Waals surface area contributed by atoms with Crippen LogP contribution in [-0.2, 0) is 13.1 Å². The molecule has 0 aromatic heterocycles. The van der Waals surface area contributed by atoms with E-state index in [0.717, 1.165) is 16.6 Å². The van der Waals surface area contributed by atoms with Gasteiger partial charge in [-0.2, -0.15) is 0 Å². The third kappa shape index (κ3) is 3.65. The second kappa shape index (κ2) is 5.94. The van der Waals surface area contributed by atoms with Crippen LogP contribution in [0.5, 0.6) is 0 Å². The van der Waals surface area contributed by atoms with Crippen molar-refractivity contribution in [3.05, 3.63) is 69.9 Å². The van der Waals surface area contributed by atoms with E-state index in [2.05, 4.69) is 27.3 Å². The van der Waals surface area contributed by atoms with E-state index in [1.54, 1.807) is 12.1 Å². The van der Waals surface area contributed by atoms with Gasteiger partial charge in [-0.3, -0.25) is 0 Å². The smallest absolute Gasteiger partial charge is 0.123 e. The Bertz CT molecular complexity index is 499. The molecule has 2 aromatic carbocycles. The summed E-state index contributed by atoms with van der Waals surface area (Å²) in [5.74, 6) is -0.190. The number of rotatable bonds is 4. The highest BCUT2D eigenvalue weighted by atomic mass is 79.9. The van der Waals surface area contributed by atoms with Crippen LogP contribution in [0.2, 0.25) is 0 Å².